The van der Waals surface area contributed by atoms with Crippen molar-refractivity contribution >= 4 is 5.82 Å². The summed E-state index contributed by atoms with van der Waals surface area (Å²) in [4.78, 5) is 8.46. The van der Waals surface area contributed by atoms with Crippen molar-refractivity contribution in [3.8, 4) is 5.88 Å². The third-order valence-electron chi connectivity index (χ3n) is 2.70. The molecule has 0 unspecified atom stereocenters. The van der Waals surface area contributed by atoms with Gasteiger partial charge in [0.05, 0.1) is 18.5 Å². The Morgan fingerprint density at radius 3 is 2.50 bits per heavy atom. The molecule has 0 fully saturated rings. The third kappa shape index (κ3) is 4.20. The zero-order valence-electron chi connectivity index (χ0n) is 11.8. The Labute approximate surface area is 119 Å². The predicted octanol–water partition coefficient (Wildman–Crippen LogP) is 2.33. The minimum Gasteiger partial charge on any atom is -0.474 e. The van der Waals surface area contributed by atoms with E-state index in [4.69, 9.17) is 10.5 Å². The van der Waals surface area contributed by atoms with Crippen LogP contribution in [0.5, 0.6) is 5.88 Å². The van der Waals surface area contributed by atoms with Crippen LogP contribution in [0.4, 0.5) is 5.82 Å². The molecule has 0 saturated heterocycles. The molecule has 3 N–H and O–H groups in total. The largest absolute Gasteiger partial charge is 0.474 e. The molecule has 0 radical (unpaired) electrons. The summed E-state index contributed by atoms with van der Waals surface area (Å²) < 4.78 is 5.51. The number of aromatic nitrogens is 2. The first-order valence-corrected chi connectivity index (χ1v) is 6.68. The van der Waals surface area contributed by atoms with Gasteiger partial charge < -0.3 is 15.8 Å². The van der Waals surface area contributed by atoms with Gasteiger partial charge in [0, 0.05) is 13.1 Å². The molecule has 1 aromatic carbocycles. The summed E-state index contributed by atoms with van der Waals surface area (Å²) in [5.41, 5.74) is 7.87. The molecule has 0 atom stereocenters. The molecular formula is C15H20N4O. The van der Waals surface area contributed by atoms with Crippen LogP contribution >= 0.6 is 0 Å². The van der Waals surface area contributed by atoms with Gasteiger partial charge in [0.2, 0.25) is 5.88 Å². The molecule has 0 aliphatic rings. The van der Waals surface area contributed by atoms with E-state index >= 15 is 0 Å². The van der Waals surface area contributed by atoms with Crippen molar-refractivity contribution in [1.82, 2.24) is 9.97 Å². The Kier molecular flexibility index (Phi) is 4.90. The van der Waals surface area contributed by atoms with Crippen LogP contribution in [0.2, 0.25) is 0 Å². The van der Waals surface area contributed by atoms with Crippen molar-refractivity contribution in [3.05, 3.63) is 47.8 Å². The van der Waals surface area contributed by atoms with E-state index in [1.165, 1.54) is 5.56 Å². The third-order valence-corrected chi connectivity index (χ3v) is 2.70. The summed E-state index contributed by atoms with van der Waals surface area (Å²) in [6.45, 7) is 5.17. The van der Waals surface area contributed by atoms with Crippen LogP contribution in [0, 0.1) is 0 Å². The molecule has 0 aliphatic heterocycles. The predicted molar refractivity (Wildman–Crippen MR) is 79.5 cm³/mol. The van der Waals surface area contributed by atoms with Gasteiger partial charge in [-0.15, -0.1) is 0 Å². The lowest BCUT2D eigenvalue weighted by Crippen LogP contribution is -2.09. The van der Waals surface area contributed by atoms with Crippen LogP contribution in [0.1, 0.15) is 25.0 Å². The monoisotopic (exact) mass is 272 g/mol. The average molecular weight is 272 g/mol. The highest BCUT2D eigenvalue weighted by molar-refractivity contribution is 5.35. The molecule has 0 aliphatic carbocycles. The van der Waals surface area contributed by atoms with Gasteiger partial charge in [-0.1, -0.05) is 24.3 Å². The van der Waals surface area contributed by atoms with Crippen molar-refractivity contribution in [1.29, 1.82) is 0 Å². The van der Waals surface area contributed by atoms with Gasteiger partial charge in [-0.2, -0.15) is 4.98 Å². The summed E-state index contributed by atoms with van der Waals surface area (Å²) in [5.74, 6) is 1.23. The van der Waals surface area contributed by atoms with Gasteiger partial charge in [-0.25, -0.2) is 0 Å². The lowest BCUT2D eigenvalue weighted by molar-refractivity contribution is 0.232. The molecule has 20 heavy (non-hydrogen) atoms. The Hall–Kier alpha value is -2.14. The Morgan fingerprint density at radius 1 is 1.15 bits per heavy atom. The molecule has 0 saturated carbocycles. The Balaban J connectivity index is 1.95. The van der Waals surface area contributed by atoms with E-state index in [-0.39, 0.29) is 6.10 Å². The van der Waals surface area contributed by atoms with Crippen LogP contribution in [0.25, 0.3) is 0 Å². The van der Waals surface area contributed by atoms with Gasteiger partial charge in [-0.05, 0) is 25.0 Å². The number of ether oxygens (including phenoxy) is 1. The van der Waals surface area contributed by atoms with Gasteiger partial charge in [0.15, 0.2) is 0 Å². The highest BCUT2D eigenvalue weighted by Gasteiger charge is 2.02. The van der Waals surface area contributed by atoms with Crippen LogP contribution in [0.15, 0.2) is 36.7 Å². The SMILES string of the molecule is CC(C)Oc1cncc(NCc2ccc(CN)cc2)n1. The second-order valence-electron chi connectivity index (χ2n) is 4.78. The number of hydrogen-bond donors (Lipinski definition) is 2. The van der Waals surface area contributed by atoms with Gasteiger partial charge in [-0.3, -0.25) is 4.98 Å². The van der Waals surface area contributed by atoms with Crippen LogP contribution in [0.3, 0.4) is 0 Å². The fourth-order valence-electron chi connectivity index (χ4n) is 1.72. The maximum atomic E-state index is 5.57. The molecule has 5 heteroatoms. The fraction of sp³-hybridized carbons (Fsp3) is 0.333. The van der Waals surface area contributed by atoms with E-state index in [9.17, 15) is 0 Å². The van der Waals surface area contributed by atoms with Gasteiger partial charge in [0.25, 0.3) is 0 Å². The molecule has 0 bridgehead atoms. The summed E-state index contributed by atoms with van der Waals surface area (Å²) in [6, 6.07) is 8.16. The van der Waals surface area contributed by atoms with Crippen molar-refractivity contribution in [2.45, 2.75) is 33.0 Å². The summed E-state index contributed by atoms with van der Waals surface area (Å²) in [7, 11) is 0. The first-order chi connectivity index (χ1) is 9.67. The van der Waals surface area contributed by atoms with E-state index in [1.807, 2.05) is 26.0 Å². The molecule has 2 rings (SSSR count). The minimum atomic E-state index is 0.0864. The van der Waals surface area contributed by atoms with E-state index < -0.39 is 0 Å². The van der Waals surface area contributed by atoms with Gasteiger partial charge >= 0.3 is 0 Å². The van der Waals surface area contributed by atoms with Crippen LogP contribution < -0.4 is 15.8 Å². The second-order valence-corrected chi connectivity index (χ2v) is 4.78. The molecule has 106 valence electrons. The maximum absolute atomic E-state index is 5.57. The van der Waals surface area contributed by atoms with E-state index in [0.717, 1.165) is 5.56 Å². The van der Waals surface area contributed by atoms with Crippen molar-refractivity contribution in [3.63, 3.8) is 0 Å². The summed E-state index contributed by atoms with van der Waals surface area (Å²) in [5, 5.41) is 3.23. The first-order valence-electron chi connectivity index (χ1n) is 6.68. The quantitative estimate of drug-likeness (QED) is 0.844. The summed E-state index contributed by atoms with van der Waals surface area (Å²) >= 11 is 0. The topological polar surface area (TPSA) is 73.1 Å². The number of rotatable bonds is 6. The van der Waals surface area contributed by atoms with Crippen molar-refractivity contribution < 1.29 is 4.74 Å². The number of nitrogens with zero attached hydrogens (tertiary/aromatic N) is 2. The number of hydrogen-bond acceptors (Lipinski definition) is 5. The lowest BCUT2D eigenvalue weighted by Gasteiger charge is -2.10. The van der Waals surface area contributed by atoms with E-state index in [2.05, 4.69) is 27.4 Å². The van der Waals surface area contributed by atoms with Crippen LogP contribution in [-0.4, -0.2) is 16.1 Å². The maximum Gasteiger partial charge on any atom is 0.234 e. The smallest absolute Gasteiger partial charge is 0.234 e. The standard InChI is InChI=1S/C15H20N4O/c1-11(2)20-15-10-17-9-14(19-15)18-8-13-5-3-12(7-16)4-6-13/h3-6,9-11H,7-8,16H2,1-2H3,(H,18,19). The fourth-order valence-corrected chi connectivity index (χ4v) is 1.72. The number of nitrogens with two attached hydrogens (primary N) is 1. The normalized spacial score (nSPS) is 10.6. The van der Waals surface area contributed by atoms with Gasteiger partial charge in [0.1, 0.15) is 5.82 Å². The number of benzene rings is 1. The Morgan fingerprint density at radius 2 is 1.85 bits per heavy atom. The average Bonchev–Trinajstić information content (AvgIpc) is 2.45. The molecule has 0 spiro atoms. The van der Waals surface area contributed by atoms with Crippen LogP contribution in [-0.2, 0) is 13.1 Å². The molecule has 2 aromatic rings. The number of nitrogens with one attached hydrogen (secondary N) is 1. The highest BCUT2D eigenvalue weighted by Crippen LogP contribution is 2.12. The second kappa shape index (κ2) is 6.86. The molecule has 1 heterocycles. The van der Waals surface area contributed by atoms with Crippen molar-refractivity contribution in [2.24, 2.45) is 5.73 Å². The minimum absolute atomic E-state index is 0.0864. The van der Waals surface area contributed by atoms with E-state index in [0.29, 0.717) is 24.8 Å². The van der Waals surface area contributed by atoms with Crippen molar-refractivity contribution in [2.75, 3.05) is 5.32 Å². The highest BCUT2D eigenvalue weighted by atomic mass is 16.5. The first kappa shape index (κ1) is 14.3. The molecule has 1 aromatic heterocycles. The van der Waals surface area contributed by atoms with E-state index in [1.54, 1.807) is 12.4 Å². The summed E-state index contributed by atoms with van der Waals surface area (Å²) in [6.07, 6.45) is 3.38. The zero-order valence-corrected chi connectivity index (χ0v) is 11.8. The molecule has 0 amide bonds. The zero-order chi connectivity index (χ0) is 14.4. The molecule has 5 nitrogen and oxygen atoms in total. The molecular weight excluding hydrogens is 252 g/mol. The lowest BCUT2D eigenvalue weighted by atomic mass is 10.1. The number of anilines is 1. The Bertz CT molecular complexity index is 540.